The second kappa shape index (κ2) is 15.0. The second-order valence-corrected chi connectivity index (χ2v) is 38.3. The molecular formula is C36H75CrSi3. The van der Waals surface area contributed by atoms with Gasteiger partial charge in [-0.1, -0.05) is 0 Å². The van der Waals surface area contributed by atoms with Crippen LogP contribution in [0.4, 0.5) is 0 Å². The van der Waals surface area contributed by atoms with Gasteiger partial charge >= 0.3 is 263 Å². The molecule has 0 amide bonds. The Bertz CT molecular complexity index is 608. The zero-order valence-electron chi connectivity index (χ0n) is 29.4. The van der Waals surface area contributed by atoms with E-state index in [4.69, 9.17) is 0 Å². The quantitative estimate of drug-likeness (QED) is 0.156. The van der Waals surface area contributed by atoms with Gasteiger partial charge in [-0.3, -0.25) is 0 Å². The molecule has 0 aromatic rings. The zero-order chi connectivity index (χ0) is 29.5. The molecule has 3 aliphatic carbocycles. The molecule has 0 aromatic carbocycles. The van der Waals surface area contributed by atoms with Crippen LogP contribution in [0.1, 0.15) is 159 Å². The van der Waals surface area contributed by atoms with Crippen molar-refractivity contribution in [2.75, 3.05) is 0 Å². The van der Waals surface area contributed by atoms with Crippen molar-refractivity contribution in [3.05, 3.63) is 0 Å². The Labute approximate surface area is 261 Å². The fraction of sp³-hybridized carbons (Fsp3) is 1.00. The second-order valence-electron chi connectivity index (χ2n) is 15.0. The van der Waals surface area contributed by atoms with Crippen LogP contribution in [0.3, 0.4) is 0 Å². The molecule has 3 aliphatic rings. The summed E-state index contributed by atoms with van der Waals surface area (Å²) in [5, 5.41) is 0. The molecule has 0 aromatic heterocycles. The van der Waals surface area contributed by atoms with Gasteiger partial charge in [-0.25, -0.2) is 0 Å². The first-order chi connectivity index (χ1) is 19.3. The van der Waals surface area contributed by atoms with E-state index in [2.05, 4.69) is 62.3 Å². The van der Waals surface area contributed by atoms with Crippen LogP contribution < -0.4 is 0 Å². The summed E-state index contributed by atoms with van der Waals surface area (Å²) in [6.45, 7) is 24.6. The van der Waals surface area contributed by atoms with Gasteiger partial charge in [0.15, 0.2) is 0 Å². The predicted octanol–water partition coefficient (Wildman–Crippen LogP) is 14.1. The average Bonchev–Trinajstić information content (AvgIpc) is 3.02. The van der Waals surface area contributed by atoms with Crippen LogP contribution in [0.5, 0.6) is 0 Å². The van der Waals surface area contributed by atoms with Crippen LogP contribution in [-0.4, -0.2) is 24.2 Å². The average molecular weight is 644 g/mol. The molecule has 0 radical (unpaired) electrons. The Kier molecular flexibility index (Phi) is 13.4. The maximum absolute atomic E-state index is 2.73. The molecule has 0 spiro atoms. The third-order valence-electron chi connectivity index (χ3n) is 15.1. The number of hydrogen-bond acceptors (Lipinski definition) is 0. The molecule has 0 unspecified atom stereocenters. The van der Waals surface area contributed by atoms with Crippen LogP contribution >= 0.6 is 0 Å². The van der Waals surface area contributed by atoms with E-state index in [1.807, 2.05) is 0 Å². The van der Waals surface area contributed by atoms with Crippen molar-refractivity contribution >= 4 is 24.2 Å². The molecule has 3 fully saturated rings. The topological polar surface area (TPSA) is 0 Å². The van der Waals surface area contributed by atoms with Crippen LogP contribution in [-0.2, 0) is 14.1 Å². The number of hydrogen-bond donors (Lipinski definition) is 0. The Balaban J connectivity index is 2.58. The molecule has 237 valence electrons. The van der Waals surface area contributed by atoms with E-state index in [0.29, 0.717) is 0 Å². The Hall–Kier alpha value is 1.18. The van der Waals surface area contributed by atoms with Crippen molar-refractivity contribution in [1.82, 2.24) is 0 Å². The van der Waals surface area contributed by atoms with Crippen molar-refractivity contribution < 1.29 is 14.1 Å². The van der Waals surface area contributed by atoms with Gasteiger partial charge in [-0.2, -0.15) is 0 Å². The van der Waals surface area contributed by atoms with Crippen LogP contribution in [0.15, 0.2) is 0 Å². The van der Waals surface area contributed by atoms with Gasteiger partial charge in [0.2, 0.25) is 0 Å². The van der Waals surface area contributed by atoms with Gasteiger partial charge in [0.05, 0.1) is 0 Å². The minimum atomic E-state index is -1.43. The summed E-state index contributed by atoms with van der Waals surface area (Å²) in [5.41, 5.74) is 0. The van der Waals surface area contributed by atoms with Crippen LogP contribution in [0, 0.1) is 0 Å². The molecule has 0 nitrogen and oxygen atoms in total. The molecule has 0 aliphatic heterocycles. The molecule has 3 rings (SSSR count). The molecule has 0 N–H and O–H groups in total. The van der Waals surface area contributed by atoms with Crippen LogP contribution in [0.2, 0.25) is 66.1 Å². The maximum atomic E-state index is 2.73. The summed E-state index contributed by atoms with van der Waals surface area (Å²) in [5.74, 6) is 0. The molecule has 0 atom stereocenters. The standard InChI is InChI=1S/3C12H25Si.Cr/c3*1-4-13(5-2,6-3)12-10-8-7-9-11-12;/h3*4-11H2,1-3H3;. The first-order valence-electron chi connectivity index (χ1n) is 19.0. The summed E-state index contributed by atoms with van der Waals surface area (Å²) in [4.78, 5) is 0. The summed E-state index contributed by atoms with van der Waals surface area (Å²) in [6, 6.07) is 14.4. The Morgan fingerprint density at radius 1 is 0.325 bits per heavy atom. The van der Waals surface area contributed by atoms with Gasteiger partial charge in [0.1, 0.15) is 0 Å². The normalized spacial score (nSPS) is 23.9. The van der Waals surface area contributed by atoms with Crippen LogP contribution in [0.25, 0.3) is 0 Å². The van der Waals surface area contributed by atoms with E-state index in [1.54, 1.807) is 151 Å². The zero-order valence-corrected chi connectivity index (χ0v) is 33.7. The van der Waals surface area contributed by atoms with Crippen molar-refractivity contribution in [3.8, 4) is 0 Å². The van der Waals surface area contributed by atoms with E-state index in [1.165, 1.54) is 0 Å². The SMILES string of the molecule is CC[Si](CC)(CC)[C]1([Cr]([C]2([Si](CC)(CC)CC)CCCCC2)[C]2([Si](CC)(CC)CC)CCCCC2)CCCCC1. The van der Waals surface area contributed by atoms with Crippen molar-refractivity contribution in [2.24, 2.45) is 0 Å². The molecule has 0 bridgehead atoms. The fourth-order valence-corrected chi connectivity index (χ4v) is 53.4. The summed E-state index contributed by atoms with van der Waals surface area (Å²) in [7, 11) is -4.28. The molecule has 0 heterocycles. The van der Waals surface area contributed by atoms with Crippen molar-refractivity contribution in [2.45, 2.75) is 225 Å². The van der Waals surface area contributed by atoms with Gasteiger partial charge in [0, 0.05) is 0 Å². The van der Waals surface area contributed by atoms with Crippen molar-refractivity contribution in [1.29, 1.82) is 0 Å². The molecule has 4 heteroatoms. The monoisotopic (exact) mass is 643 g/mol. The molecule has 0 saturated heterocycles. The Morgan fingerprint density at radius 3 is 0.650 bits per heavy atom. The summed E-state index contributed by atoms with van der Waals surface area (Å²) < 4.78 is 2.52. The van der Waals surface area contributed by atoms with Gasteiger partial charge < -0.3 is 0 Å². The first kappa shape index (κ1) is 35.7. The van der Waals surface area contributed by atoms with Gasteiger partial charge in [-0.05, 0) is 0 Å². The molecular weight excluding hydrogens is 569 g/mol. The van der Waals surface area contributed by atoms with E-state index >= 15 is 0 Å². The van der Waals surface area contributed by atoms with E-state index in [0.717, 1.165) is 11.7 Å². The minimum absolute atomic E-state index is 0.841. The molecule has 3 saturated carbocycles. The van der Waals surface area contributed by atoms with Gasteiger partial charge in [-0.15, -0.1) is 0 Å². The third-order valence-corrected chi connectivity index (χ3v) is 48.8. The summed E-state index contributed by atoms with van der Waals surface area (Å²) >= 11 is -1.00. The molecule has 40 heavy (non-hydrogen) atoms. The first-order valence-corrected chi connectivity index (χ1v) is 28.8. The van der Waals surface area contributed by atoms with Gasteiger partial charge in [0.25, 0.3) is 0 Å². The van der Waals surface area contributed by atoms with Crippen molar-refractivity contribution in [3.63, 3.8) is 0 Å². The van der Waals surface area contributed by atoms with E-state index in [-0.39, 0.29) is 0 Å². The predicted molar refractivity (Wildman–Crippen MR) is 189 cm³/mol. The summed E-state index contributed by atoms with van der Waals surface area (Å²) in [6.07, 6.45) is 24.4. The fourth-order valence-electron chi connectivity index (χ4n) is 12.5. The Morgan fingerprint density at radius 2 is 0.500 bits per heavy atom. The third kappa shape index (κ3) is 5.37. The van der Waals surface area contributed by atoms with E-state index < -0.39 is 38.4 Å². The number of rotatable bonds is 15. The van der Waals surface area contributed by atoms with E-state index in [9.17, 15) is 0 Å².